The number of methoxy groups -OCH3 is 2. The minimum atomic E-state index is 0.345. The number of fused-ring (bicyclic) bond motifs is 1. The smallest absolute Gasteiger partial charge is 0.163 e. The van der Waals surface area contributed by atoms with Crippen LogP contribution in [0.25, 0.3) is 11.0 Å². The van der Waals surface area contributed by atoms with Gasteiger partial charge in [0.2, 0.25) is 0 Å². The molecule has 9 nitrogen and oxygen atoms in total. The van der Waals surface area contributed by atoms with E-state index in [2.05, 4.69) is 30.6 Å². The minimum absolute atomic E-state index is 0.345. The van der Waals surface area contributed by atoms with Crippen molar-refractivity contribution in [3.63, 3.8) is 0 Å². The molecule has 3 aromatic heterocycles. The Morgan fingerprint density at radius 3 is 2.83 bits per heavy atom. The summed E-state index contributed by atoms with van der Waals surface area (Å²) in [5.41, 5.74) is 2.57. The second-order valence-corrected chi connectivity index (χ2v) is 5.10. The van der Waals surface area contributed by atoms with Crippen molar-refractivity contribution in [2.24, 2.45) is 7.05 Å². The van der Waals surface area contributed by atoms with E-state index in [1.165, 1.54) is 0 Å². The topological polar surface area (TPSA) is 103 Å². The predicted molar refractivity (Wildman–Crippen MR) is 83.6 cm³/mol. The van der Waals surface area contributed by atoms with Gasteiger partial charge in [-0.15, -0.1) is 0 Å². The molecule has 0 aliphatic rings. The van der Waals surface area contributed by atoms with Crippen LogP contribution in [0.4, 0.5) is 5.82 Å². The molecule has 0 saturated heterocycles. The molecule has 3 heterocycles. The second-order valence-electron chi connectivity index (χ2n) is 5.10. The summed E-state index contributed by atoms with van der Waals surface area (Å²) < 4.78 is 11.9. The number of ether oxygens (including phenoxy) is 2. The van der Waals surface area contributed by atoms with Gasteiger partial charge < -0.3 is 14.8 Å². The van der Waals surface area contributed by atoms with Crippen LogP contribution in [-0.2, 0) is 36.3 Å². The van der Waals surface area contributed by atoms with Gasteiger partial charge in [-0.2, -0.15) is 10.2 Å². The molecule has 0 fully saturated rings. The van der Waals surface area contributed by atoms with Crippen molar-refractivity contribution in [1.82, 2.24) is 29.9 Å². The van der Waals surface area contributed by atoms with Gasteiger partial charge in [0.05, 0.1) is 36.1 Å². The third kappa shape index (κ3) is 3.30. The van der Waals surface area contributed by atoms with E-state index in [0.29, 0.717) is 25.6 Å². The van der Waals surface area contributed by atoms with Crippen molar-refractivity contribution in [3.05, 3.63) is 29.5 Å². The minimum Gasteiger partial charge on any atom is -0.378 e. The lowest BCUT2D eigenvalue weighted by Gasteiger charge is -2.08. The molecule has 0 saturated carbocycles. The lowest BCUT2D eigenvalue weighted by molar-refractivity contribution is 0.178. The SMILES string of the molecule is COCc1cc(CNc2nc(COC)nc3c2cnn3C)[nH]n1. The summed E-state index contributed by atoms with van der Waals surface area (Å²) in [6.07, 6.45) is 1.75. The summed E-state index contributed by atoms with van der Waals surface area (Å²) in [6.45, 7) is 1.39. The lowest BCUT2D eigenvalue weighted by Crippen LogP contribution is -2.07. The highest BCUT2D eigenvalue weighted by molar-refractivity contribution is 5.86. The molecular formula is C14H19N7O2. The summed E-state index contributed by atoms with van der Waals surface area (Å²) in [5, 5.41) is 15.5. The molecule has 0 unspecified atom stereocenters. The predicted octanol–water partition coefficient (Wildman–Crippen LogP) is 0.991. The van der Waals surface area contributed by atoms with Gasteiger partial charge in [0.25, 0.3) is 0 Å². The molecule has 0 bridgehead atoms. The van der Waals surface area contributed by atoms with E-state index >= 15 is 0 Å². The quantitative estimate of drug-likeness (QED) is 0.670. The van der Waals surface area contributed by atoms with Crippen LogP contribution in [0.5, 0.6) is 0 Å². The molecule has 0 aromatic carbocycles. The first kappa shape index (κ1) is 15.4. The van der Waals surface area contributed by atoms with Crippen molar-refractivity contribution >= 4 is 16.9 Å². The van der Waals surface area contributed by atoms with Gasteiger partial charge in [-0.1, -0.05) is 0 Å². The van der Waals surface area contributed by atoms with Crippen molar-refractivity contribution in [3.8, 4) is 0 Å². The van der Waals surface area contributed by atoms with Crippen LogP contribution in [0.3, 0.4) is 0 Å². The van der Waals surface area contributed by atoms with Crippen LogP contribution < -0.4 is 5.32 Å². The second kappa shape index (κ2) is 6.71. The zero-order valence-electron chi connectivity index (χ0n) is 13.3. The first-order valence-corrected chi connectivity index (χ1v) is 7.14. The number of nitrogens with zero attached hydrogens (tertiary/aromatic N) is 5. The summed E-state index contributed by atoms with van der Waals surface area (Å²) in [5.74, 6) is 1.33. The number of H-pyrrole nitrogens is 1. The van der Waals surface area contributed by atoms with E-state index in [1.807, 2.05) is 13.1 Å². The standard InChI is InChI=1S/C14H19N7O2/c1-21-14-11(6-16-21)13(17-12(18-14)8-23-3)15-5-9-4-10(7-22-2)20-19-9/h4,6H,5,7-8H2,1-3H3,(H,19,20)(H,15,17,18). The fourth-order valence-corrected chi connectivity index (χ4v) is 2.30. The molecule has 0 amide bonds. The van der Waals surface area contributed by atoms with Crippen LogP contribution in [0.2, 0.25) is 0 Å². The Labute approximate surface area is 133 Å². The molecule has 0 aliphatic heterocycles. The third-order valence-corrected chi connectivity index (χ3v) is 3.33. The number of hydrogen-bond donors (Lipinski definition) is 2. The summed E-state index contributed by atoms with van der Waals surface area (Å²) >= 11 is 0. The Kier molecular flexibility index (Phi) is 4.49. The van der Waals surface area contributed by atoms with E-state index in [1.54, 1.807) is 25.1 Å². The van der Waals surface area contributed by atoms with Gasteiger partial charge in [-0.3, -0.25) is 9.78 Å². The Hall–Kier alpha value is -2.52. The summed E-state index contributed by atoms with van der Waals surface area (Å²) in [6, 6.07) is 1.95. The fraction of sp³-hybridized carbons (Fsp3) is 0.429. The molecule has 0 atom stereocenters. The van der Waals surface area contributed by atoms with Crippen LogP contribution in [0.1, 0.15) is 17.2 Å². The molecule has 23 heavy (non-hydrogen) atoms. The van der Waals surface area contributed by atoms with Crippen molar-refractivity contribution in [1.29, 1.82) is 0 Å². The largest absolute Gasteiger partial charge is 0.378 e. The first-order chi connectivity index (χ1) is 11.2. The van der Waals surface area contributed by atoms with E-state index < -0.39 is 0 Å². The van der Waals surface area contributed by atoms with Gasteiger partial charge in [-0.05, 0) is 6.07 Å². The molecule has 122 valence electrons. The number of hydrogen-bond acceptors (Lipinski definition) is 7. The van der Waals surface area contributed by atoms with Gasteiger partial charge in [0.15, 0.2) is 11.5 Å². The molecule has 0 radical (unpaired) electrons. The molecule has 9 heteroatoms. The maximum atomic E-state index is 5.13. The Bertz CT molecular complexity index is 796. The highest BCUT2D eigenvalue weighted by Gasteiger charge is 2.12. The van der Waals surface area contributed by atoms with Gasteiger partial charge in [0.1, 0.15) is 12.4 Å². The van der Waals surface area contributed by atoms with Crippen LogP contribution in [0.15, 0.2) is 12.3 Å². The molecule has 3 aromatic rings. The number of rotatable bonds is 7. The molecule has 0 aliphatic carbocycles. The zero-order valence-corrected chi connectivity index (χ0v) is 13.3. The Morgan fingerprint density at radius 1 is 1.22 bits per heavy atom. The monoisotopic (exact) mass is 317 g/mol. The van der Waals surface area contributed by atoms with E-state index in [0.717, 1.165) is 28.2 Å². The third-order valence-electron chi connectivity index (χ3n) is 3.33. The van der Waals surface area contributed by atoms with Gasteiger partial charge >= 0.3 is 0 Å². The van der Waals surface area contributed by atoms with Gasteiger partial charge in [0, 0.05) is 21.3 Å². The van der Waals surface area contributed by atoms with E-state index in [9.17, 15) is 0 Å². The van der Waals surface area contributed by atoms with Crippen LogP contribution >= 0.6 is 0 Å². The van der Waals surface area contributed by atoms with Crippen LogP contribution in [-0.4, -0.2) is 44.2 Å². The van der Waals surface area contributed by atoms with E-state index in [4.69, 9.17) is 9.47 Å². The average molecular weight is 317 g/mol. The van der Waals surface area contributed by atoms with Crippen molar-refractivity contribution in [2.75, 3.05) is 19.5 Å². The Balaban J connectivity index is 1.83. The van der Waals surface area contributed by atoms with Crippen LogP contribution in [0, 0.1) is 0 Å². The number of anilines is 1. The normalized spacial score (nSPS) is 11.3. The Morgan fingerprint density at radius 2 is 2.04 bits per heavy atom. The number of aromatic nitrogens is 6. The maximum absolute atomic E-state index is 5.13. The number of nitrogens with one attached hydrogen (secondary N) is 2. The molecule has 2 N–H and O–H groups in total. The van der Waals surface area contributed by atoms with E-state index in [-0.39, 0.29) is 0 Å². The first-order valence-electron chi connectivity index (χ1n) is 7.14. The summed E-state index contributed by atoms with van der Waals surface area (Å²) in [7, 11) is 5.11. The van der Waals surface area contributed by atoms with Crippen molar-refractivity contribution < 1.29 is 9.47 Å². The molecule has 3 rings (SSSR count). The molecule has 0 spiro atoms. The highest BCUT2D eigenvalue weighted by Crippen LogP contribution is 2.20. The van der Waals surface area contributed by atoms with Crippen molar-refractivity contribution in [2.45, 2.75) is 19.8 Å². The lowest BCUT2D eigenvalue weighted by atomic mass is 10.3. The average Bonchev–Trinajstić information content (AvgIpc) is 3.13. The maximum Gasteiger partial charge on any atom is 0.163 e. The zero-order chi connectivity index (χ0) is 16.2. The highest BCUT2D eigenvalue weighted by atomic mass is 16.5. The molecular weight excluding hydrogens is 298 g/mol. The fourth-order valence-electron chi connectivity index (χ4n) is 2.30. The number of aryl methyl sites for hydroxylation is 1. The summed E-state index contributed by atoms with van der Waals surface area (Å²) in [4.78, 5) is 8.96. The number of aromatic amines is 1. The van der Waals surface area contributed by atoms with Gasteiger partial charge in [-0.25, -0.2) is 9.97 Å².